The largest absolute Gasteiger partial charge is 0.368 e. The first-order valence-corrected chi connectivity index (χ1v) is 6.18. The highest BCUT2D eigenvalue weighted by molar-refractivity contribution is 5.99. The predicted molar refractivity (Wildman–Crippen MR) is 73.7 cm³/mol. The highest BCUT2D eigenvalue weighted by atomic mass is 19.1. The smallest absolute Gasteiger partial charge is 0.161 e. The van der Waals surface area contributed by atoms with Gasteiger partial charge in [-0.15, -0.1) is 0 Å². The zero-order valence-corrected chi connectivity index (χ0v) is 12.0. The molecule has 1 atom stereocenters. The van der Waals surface area contributed by atoms with E-state index < -0.39 is 0 Å². The Morgan fingerprint density at radius 3 is 2.33 bits per heavy atom. The predicted octanol–water partition coefficient (Wildman–Crippen LogP) is 3.90. The lowest BCUT2D eigenvalue weighted by molar-refractivity contribution is 0.101. The summed E-state index contributed by atoms with van der Waals surface area (Å²) < 4.78 is 14.0. The van der Waals surface area contributed by atoms with Gasteiger partial charge in [-0.1, -0.05) is 26.8 Å². The van der Waals surface area contributed by atoms with Crippen LogP contribution in [0.15, 0.2) is 18.2 Å². The number of carbonyl (C=O) groups excluding carboxylic acids is 1. The summed E-state index contributed by atoms with van der Waals surface area (Å²) >= 11 is 0. The van der Waals surface area contributed by atoms with E-state index in [1.807, 2.05) is 18.9 Å². The number of hydrogen-bond donors (Lipinski definition) is 0. The molecule has 2 nitrogen and oxygen atoms in total. The molecule has 1 unspecified atom stereocenters. The Labute approximate surface area is 109 Å². The molecule has 0 aliphatic carbocycles. The number of nitrogens with zero attached hydrogens (tertiary/aromatic N) is 1. The van der Waals surface area contributed by atoms with E-state index >= 15 is 0 Å². The third kappa shape index (κ3) is 2.89. The van der Waals surface area contributed by atoms with Crippen molar-refractivity contribution >= 4 is 11.5 Å². The molecule has 0 amide bonds. The third-order valence-electron chi connectivity index (χ3n) is 3.55. The Hall–Kier alpha value is -1.38. The highest BCUT2D eigenvalue weighted by Gasteiger charge is 2.27. The van der Waals surface area contributed by atoms with Crippen LogP contribution >= 0.6 is 0 Å². The van der Waals surface area contributed by atoms with E-state index in [4.69, 9.17) is 0 Å². The highest BCUT2D eigenvalue weighted by Crippen LogP contribution is 2.31. The molecule has 0 spiro atoms. The van der Waals surface area contributed by atoms with Crippen molar-refractivity contribution in [2.24, 2.45) is 5.41 Å². The summed E-state index contributed by atoms with van der Waals surface area (Å²) in [5.74, 6) is -0.459. The lowest BCUT2D eigenvalue weighted by Crippen LogP contribution is -2.40. The number of benzene rings is 1. The summed E-state index contributed by atoms with van der Waals surface area (Å²) in [6.07, 6.45) is 0. The number of hydrogen-bond acceptors (Lipinski definition) is 2. The Morgan fingerprint density at radius 1 is 1.33 bits per heavy atom. The van der Waals surface area contributed by atoms with Crippen LogP contribution in [0.25, 0.3) is 0 Å². The van der Waals surface area contributed by atoms with Gasteiger partial charge in [-0.2, -0.15) is 0 Å². The minimum absolute atomic E-state index is 0.00505. The molecule has 3 heteroatoms. The number of rotatable bonds is 3. The Bertz CT molecular complexity index is 448. The minimum Gasteiger partial charge on any atom is -0.368 e. The van der Waals surface area contributed by atoms with Crippen LogP contribution < -0.4 is 4.90 Å². The molecular formula is C15H22FNO. The van der Waals surface area contributed by atoms with Gasteiger partial charge in [-0.05, 0) is 31.4 Å². The first-order chi connectivity index (χ1) is 8.16. The van der Waals surface area contributed by atoms with E-state index in [1.165, 1.54) is 13.0 Å². The topological polar surface area (TPSA) is 20.3 Å². The molecule has 0 aliphatic heterocycles. The van der Waals surface area contributed by atoms with Gasteiger partial charge in [0.1, 0.15) is 5.82 Å². The van der Waals surface area contributed by atoms with Crippen molar-refractivity contribution in [2.75, 3.05) is 11.9 Å². The second kappa shape index (κ2) is 5.09. The minimum atomic E-state index is -0.346. The molecule has 1 aromatic carbocycles. The Balaban J connectivity index is 3.28. The second-order valence-electron chi connectivity index (χ2n) is 5.85. The number of ketones is 1. The fourth-order valence-electron chi connectivity index (χ4n) is 1.93. The molecule has 100 valence electrons. The van der Waals surface area contributed by atoms with Crippen LogP contribution in [-0.4, -0.2) is 18.9 Å². The van der Waals surface area contributed by atoms with E-state index in [9.17, 15) is 9.18 Å². The van der Waals surface area contributed by atoms with Crippen LogP contribution in [-0.2, 0) is 0 Å². The fraction of sp³-hybridized carbons (Fsp3) is 0.533. The number of Topliss-reactive ketones (excluding diaryl/α,β-unsaturated/α-hetero) is 1. The van der Waals surface area contributed by atoms with E-state index in [0.717, 1.165) is 0 Å². The summed E-state index contributed by atoms with van der Waals surface area (Å²) in [5, 5.41) is 0. The van der Waals surface area contributed by atoms with Crippen LogP contribution in [0.5, 0.6) is 0 Å². The standard InChI is InChI=1S/C15H22FNO/c1-10(18)12-8-7-9-13(16)14(12)17(6)11(2)15(3,4)5/h7-9,11H,1-6H3. The molecule has 0 fully saturated rings. The molecule has 1 rings (SSSR count). The molecule has 0 heterocycles. The van der Waals surface area contributed by atoms with E-state index in [-0.39, 0.29) is 23.1 Å². The zero-order chi connectivity index (χ0) is 14.1. The van der Waals surface area contributed by atoms with Crippen molar-refractivity contribution < 1.29 is 9.18 Å². The molecule has 18 heavy (non-hydrogen) atoms. The lowest BCUT2D eigenvalue weighted by Gasteiger charge is -2.37. The third-order valence-corrected chi connectivity index (χ3v) is 3.55. The summed E-state index contributed by atoms with van der Waals surface area (Å²) in [7, 11) is 1.83. The van der Waals surface area contributed by atoms with Crippen LogP contribution in [0.1, 0.15) is 45.0 Å². The first-order valence-electron chi connectivity index (χ1n) is 6.18. The number of halogens is 1. The van der Waals surface area contributed by atoms with Crippen molar-refractivity contribution in [3.63, 3.8) is 0 Å². The SMILES string of the molecule is CC(=O)c1cccc(F)c1N(C)C(C)C(C)(C)C. The van der Waals surface area contributed by atoms with Crippen molar-refractivity contribution in [3.8, 4) is 0 Å². The van der Waals surface area contributed by atoms with Gasteiger partial charge in [0.05, 0.1) is 5.69 Å². The first kappa shape index (κ1) is 14.7. The molecule has 0 N–H and O–H groups in total. The summed E-state index contributed by atoms with van der Waals surface area (Å²) in [6.45, 7) is 9.80. The number of carbonyl (C=O) groups is 1. The summed E-state index contributed by atoms with van der Waals surface area (Å²) in [6, 6.07) is 4.76. The fourth-order valence-corrected chi connectivity index (χ4v) is 1.93. The lowest BCUT2D eigenvalue weighted by atomic mass is 9.86. The van der Waals surface area contributed by atoms with Gasteiger partial charge >= 0.3 is 0 Å². The Morgan fingerprint density at radius 2 is 1.89 bits per heavy atom. The maximum atomic E-state index is 14.0. The normalized spacial score (nSPS) is 13.3. The van der Waals surface area contributed by atoms with Gasteiger partial charge in [-0.25, -0.2) is 4.39 Å². The molecule has 0 aliphatic rings. The molecule has 0 aromatic heterocycles. The Kier molecular flexibility index (Phi) is 4.15. The van der Waals surface area contributed by atoms with Crippen molar-refractivity contribution in [2.45, 2.75) is 40.7 Å². The van der Waals surface area contributed by atoms with Crippen LogP contribution in [0.3, 0.4) is 0 Å². The zero-order valence-electron chi connectivity index (χ0n) is 12.0. The quantitative estimate of drug-likeness (QED) is 0.759. The van der Waals surface area contributed by atoms with E-state index in [0.29, 0.717) is 11.3 Å². The van der Waals surface area contributed by atoms with E-state index in [2.05, 4.69) is 20.8 Å². The van der Waals surface area contributed by atoms with Crippen LogP contribution in [0.4, 0.5) is 10.1 Å². The van der Waals surface area contributed by atoms with Gasteiger partial charge in [0.25, 0.3) is 0 Å². The van der Waals surface area contributed by atoms with Crippen molar-refractivity contribution in [3.05, 3.63) is 29.6 Å². The van der Waals surface area contributed by atoms with Gasteiger partial charge in [-0.3, -0.25) is 4.79 Å². The average Bonchev–Trinajstić information content (AvgIpc) is 2.25. The number of para-hydroxylation sites is 1. The molecule has 1 aromatic rings. The van der Waals surface area contributed by atoms with Gasteiger partial charge in [0, 0.05) is 18.7 Å². The van der Waals surface area contributed by atoms with Gasteiger partial charge in [0.2, 0.25) is 0 Å². The number of anilines is 1. The van der Waals surface area contributed by atoms with Gasteiger partial charge in [0.15, 0.2) is 5.78 Å². The van der Waals surface area contributed by atoms with E-state index in [1.54, 1.807) is 12.1 Å². The summed E-state index contributed by atoms with van der Waals surface area (Å²) in [4.78, 5) is 13.5. The molecule has 0 saturated heterocycles. The monoisotopic (exact) mass is 251 g/mol. The van der Waals surface area contributed by atoms with Gasteiger partial charge < -0.3 is 4.90 Å². The molecule has 0 saturated carbocycles. The average molecular weight is 251 g/mol. The van der Waals surface area contributed by atoms with Crippen molar-refractivity contribution in [1.82, 2.24) is 0 Å². The summed E-state index contributed by atoms with van der Waals surface area (Å²) in [5.41, 5.74) is 0.839. The van der Waals surface area contributed by atoms with Crippen LogP contribution in [0, 0.1) is 11.2 Å². The maximum Gasteiger partial charge on any atom is 0.161 e. The molecule has 0 radical (unpaired) electrons. The van der Waals surface area contributed by atoms with Crippen molar-refractivity contribution in [1.29, 1.82) is 0 Å². The van der Waals surface area contributed by atoms with Crippen LogP contribution in [0.2, 0.25) is 0 Å². The second-order valence-corrected chi connectivity index (χ2v) is 5.85. The molecule has 0 bridgehead atoms. The molecular weight excluding hydrogens is 229 g/mol. The maximum absolute atomic E-state index is 14.0.